The van der Waals surface area contributed by atoms with Gasteiger partial charge in [-0.1, -0.05) is 36.4 Å². The summed E-state index contributed by atoms with van der Waals surface area (Å²) in [6.07, 6.45) is -0.0412. The van der Waals surface area contributed by atoms with E-state index in [9.17, 15) is 14.4 Å². The van der Waals surface area contributed by atoms with Crippen LogP contribution in [0.1, 0.15) is 23.7 Å². The number of hydrogen-bond acceptors (Lipinski definition) is 4. The van der Waals surface area contributed by atoms with Crippen LogP contribution in [0.15, 0.2) is 60.7 Å². The third-order valence-electron chi connectivity index (χ3n) is 4.75. The van der Waals surface area contributed by atoms with Gasteiger partial charge in [0.05, 0.1) is 12.1 Å². The Morgan fingerprint density at radius 2 is 1.71 bits per heavy atom. The van der Waals surface area contributed by atoms with Crippen molar-refractivity contribution >= 4 is 45.4 Å². The number of nitrogens with one attached hydrogen (secondary N) is 3. The fraction of sp³-hybridized carbons (Fsp3) is 0.136. The van der Waals surface area contributed by atoms with Crippen molar-refractivity contribution in [2.75, 3.05) is 16.0 Å². The molecule has 0 bridgehead atoms. The molecule has 0 radical (unpaired) electrons. The first-order chi connectivity index (χ1) is 13.5. The second-order valence-corrected chi connectivity index (χ2v) is 6.78. The van der Waals surface area contributed by atoms with Gasteiger partial charge < -0.3 is 16.0 Å². The number of carbonyl (C=O) groups excluding carboxylic acids is 3. The Morgan fingerprint density at radius 3 is 2.46 bits per heavy atom. The van der Waals surface area contributed by atoms with Crippen molar-refractivity contribution in [1.29, 1.82) is 0 Å². The summed E-state index contributed by atoms with van der Waals surface area (Å²) in [5, 5.41) is 10.8. The predicted octanol–water partition coefficient (Wildman–Crippen LogP) is 3.80. The van der Waals surface area contributed by atoms with Crippen molar-refractivity contribution < 1.29 is 14.4 Å². The highest BCUT2D eigenvalue weighted by Crippen LogP contribution is 2.33. The van der Waals surface area contributed by atoms with Crippen molar-refractivity contribution in [2.24, 2.45) is 0 Å². The maximum Gasteiger partial charge on any atom is 0.247 e. The van der Waals surface area contributed by atoms with Crippen molar-refractivity contribution in [1.82, 2.24) is 0 Å². The number of benzene rings is 3. The van der Waals surface area contributed by atoms with E-state index in [0.717, 1.165) is 22.1 Å². The Kier molecular flexibility index (Phi) is 4.53. The summed E-state index contributed by atoms with van der Waals surface area (Å²) in [4.78, 5) is 36.7. The molecule has 0 spiro atoms. The Balaban J connectivity index is 1.54. The average molecular weight is 373 g/mol. The van der Waals surface area contributed by atoms with E-state index in [2.05, 4.69) is 16.0 Å². The molecule has 6 nitrogen and oxygen atoms in total. The second kappa shape index (κ2) is 7.15. The highest BCUT2D eigenvalue weighted by molar-refractivity contribution is 6.13. The van der Waals surface area contributed by atoms with Crippen LogP contribution in [0.4, 0.5) is 17.1 Å². The Bertz CT molecular complexity index is 1100. The molecule has 0 saturated carbocycles. The van der Waals surface area contributed by atoms with Crippen LogP contribution in [-0.2, 0) is 9.59 Å². The quantitative estimate of drug-likeness (QED) is 0.607. The summed E-state index contributed by atoms with van der Waals surface area (Å²) in [6, 6.07) is 17.5. The fourth-order valence-electron chi connectivity index (χ4n) is 3.40. The van der Waals surface area contributed by atoms with Gasteiger partial charge >= 0.3 is 0 Å². The minimum Gasteiger partial charge on any atom is -0.373 e. The van der Waals surface area contributed by atoms with E-state index in [1.807, 2.05) is 36.4 Å². The van der Waals surface area contributed by atoms with Gasteiger partial charge in [0.1, 0.15) is 6.04 Å². The van der Waals surface area contributed by atoms with E-state index in [1.54, 1.807) is 24.3 Å². The molecule has 1 aliphatic heterocycles. The molecule has 1 atom stereocenters. The molecule has 0 saturated heterocycles. The average Bonchev–Trinajstić information content (AvgIpc) is 2.80. The Labute approximate surface area is 161 Å². The summed E-state index contributed by atoms with van der Waals surface area (Å²) < 4.78 is 0. The van der Waals surface area contributed by atoms with Gasteiger partial charge in [-0.2, -0.15) is 0 Å². The first-order valence-corrected chi connectivity index (χ1v) is 9.01. The molecule has 6 heteroatoms. The van der Waals surface area contributed by atoms with Crippen molar-refractivity contribution in [2.45, 2.75) is 19.4 Å². The summed E-state index contributed by atoms with van der Waals surface area (Å²) in [7, 11) is 0. The second-order valence-electron chi connectivity index (χ2n) is 6.78. The maximum atomic E-state index is 12.7. The molecule has 140 valence electrons. The number of Topliss-reactive ketones (excluding diaryl/α,β-unsaturated/α-hetero) is 1. The molecule has 3 aromatic rings. The third-order valence-corrected chi connectivity index (χ3v) is 4.75. The number of hydrogen-bond donors (Lipinski definition) is 3. The lowest BCUT2D eigenvalue weighted by Crippen LogP contribution is -2.36. The Morgan fingerprint density at radius 1 is 1.00 bits per heavy atom. The number of anilines is 3. The lowest BCUT2D eigenvalue weighted by atomic mass is 10.1. The molecule has 3 aromatic carbocycles. The minimum atomic E-state index is -0.714. The fourth-order valence-corrected chi connectivity index (χ4v) is 3.40. The van der Waals surface area contributed by atoms with Gasteiger partial charge in [-0.15, -0.1) is 0 Å². The summed E-state index contributed by atoms with van der Waals surface area (Å²) in [5.74, 6) is -0.658. The predicted molar refractivity (Wildman–Crippen MR) is 110 cm³/mol. The summed E-state index contributed by atoms with van der Waals surface area (Å²) >= 11 is 0. The van der Waals surface area contributed by atoms with Crippen LogP contribution in [0, 0.1) is 0 Å². The molecular weight excluding hydrogens is 354 g/mol. The summed E-state index contributed by atoms with van der Waals surface area (Å²) in [5.41, 5.74) is 2.58. The zero-order valence-corrected chi connectivity index (χ0v) is 15.3. The highest BCUT2D eigenvalue weighted by atomic mass is 16.2. The largest absolute Gasteiger partial charge is 0.373 e. The van der Waals surface area contributed by atoms with E-state index in [1.165, 1.54) is 6.92 Å². The van der Waals surface area contributed by atoms with Crippen LogP contribution >= 0.6 is 0 Å². The number of rotatable bonds is 4. The highest BCUT2D eigenvalue weighted by Gasteiger charge is 2.26. The monoisotopic (exact) mass is 373 g/mol. The molecule has 0 unspecified atom stereocenters. The van der Waals surface area contributed by atoms with Crippen molar-refractivity contribution in [3.63, 3.8) is 0 Å². The van der Waals surface area contributed by atoms with E-state index in [4.69, 9.17) is 0 Å². The topological polar surface area (TPSA) is 87.3 Å². The van der Waals surface area contributed by atoms with Crippen molar-refractivity contribution in [3.05, 3.63) is 66.2 Å². The maximum absolute atomic E-state index is 12.7. The molecule has 3 N–H and O–H groups in total. The Hall–Kier alpha value is -3.67. The zero-order chi connectivity index (χ0) is 19.7. The van der Waals surface area contributed by atoms with Crippen LogP contribution in [0.2, 0.25) is 0 Å². The molecule has 4 rings (SSSR count). The number of ketones is 1. The van der Waals surface area contributed by atoms with E-state index in [0.29, 0.717) is 11.3 Å². The first kappa shape index (κ1) is 17.7. The normalized spacial score (nSPS) is 15.3. The number of amides is 2. The SMILES string of the molecule is CC(=O)c1cccc(NC(=O)C[C@@H]2Nc3cccc4cccc(c34)NC2=O)c1. The van der Waals surface area contributed by atoms with Gasteiger partial charge in [0.15, 0.2) is 5.78 Å². The van der Waals surface area contributed by atoms with E-state index < -0.39 is 6.04 Å². The molecule has 2 amide bonds. The smallest absolute Gasteiger partial charge is 0.247 e. The molecule has 28 heavy (non-hydrogen) atoms. The van der Waals surface area contributed by atoms with Gasteiger partial charge in [0.2, 0.25) is 11.8 Å². The minimum absolute atomic E-state index is 0.0412. The third kappa shape index (κ3) is 3.44. The van der Waals surface area contributed by atoms with Crippen LogP contribution in [0.25, 0.3) is 10.8 Å². The standard InChI is InChI=1S/C22H19N3O3/c1-13(26)15-7-2-8-16(11-15)23-20(27)12-19-22(28)25-18-10-4-6-14-5-3-9-17(24-19)21(14)18/h2-11,19,24H,12H2,1H3,(H,23,27)(H,25,28)/t19-/m0/s1. The van der Waals surface area contributed by atoms with E-state index >= 15 is 0 Å². The van der Waals surface area contributed by atoms with Gasteiger partial charge in [0.25, 0.3) is 0 Å². The first-order valence-electron chi connectivity index (χ1n) is 9.01. The molecule has 0 aliphatic carbocycles. The molecule has 1 aliphatic rings. The van der Waals surface area contributed by atoms with Gasteiger partial charge in [-0.3, -0.25) is 14.4 Å². The van der Waals surface area contributed by atoms with Gasteiger partial charge in [-0.05, 0) is 36.6 Å². The van der Waals surface area contributed by atoms with E-state index in [-0.39, 0.29) is 24.0 Å². The molecule has 1 heterocycles. The zero-order valence-electron chi connectivity index (χ0n) is 15.3. The lowest BCUT2D eigenvalue weighted by molar-refractivity contribution is -0.121. The molecular formula is C22H19N3O3. The van der Waals surface area contributed by atoms with Crippen LogP contribution in [-0.4, -0.2) is 23.6 Å². The van der Waals surface area contributed by atoms with Gasteiger partial charge in [-0.25, -0.2) is 0 Å². The lowest BCUT2D eigenvalue weighted by Gasteiger charge is -2.16. The van der Waals surface area contributed by atoms with Crippen LogP contribution in [0.3, 0.4) is 0 Å². The van der Waals surface area contributed by atoms with Crippen LogP contribution in [0.5, 0.6) is 0 Å². The van der Waals surface area contributed by atoms with Gasteiger partial charge in [0, 0.05) is 22.3 Å². The summed E-state index contributed by atoms with van der Waals surface area (Å²) in [6.45, 7) is 1.47. The number of carbonyl (C=O) groups is 3. The molecule has 0 aromatic heterocycles. The van der Waals surface area contributed by atoms with Crippen LogP contribution < -0.4 is 16.0 Å². The van der Waals surface area contributed by atoms with Crippen molar-refractivity contribution in [3.8, 4) is 0 Å². The molecule has 0 fully saturated rings.